The normalized spacial score (nSPS) is 15.1. The Morgan fingerprint density at radius 2 is 1.51 bits per heavy atom. The van der Waals surface area contributed by atoms with Gasteiger partial charge in [-0.1, -0.05) is 54.6 Å². The van der Waals surface area contributed by atoms with E-state index in [1.165, 1.54) is 5.56 Å². The maximum absolute atomic E-state index is 5.59. The van der Waals surface area contributed by atoms with Gasteiger partial charge in [-0.3, -0.25) is 4.90 Å². The molecule has 180 valence electrons. The zero-order valence-electron chi connectivity index (χ0n) is 20.1. The van der Waals surface area contributed by atoms with Crippen molar-refractivity contribution in [2.45, 2.75) is 12.6 Å². The van der Waals surface area contributed by atoms with E-state index in [0.717, 1.165) is 54.8 Å². The minimum atomic E-state index is -0.0377. The van der Waals surface area contributed by atoms with Crippen LogP contribution in [0, 0.1) is 0 Å². The standard InChI is InChI=1S/C27H30N6O2/c1-34-23-14-12-21(13-15-23)20-33-27(28-29-30-33)26(22-8-4-3-5-9-22)32-18-16-31(17-19-32)24-10-6-7-11-25(24)35-2/h3-15,26H,16-20H2,1-2H3/t26-/m1/s1. The van der Waals surface area contributed by atoms with Gasteiger partial charge in [0.15, 0.2) is 5.82 Å². The van der Waals surface area contributed by atoms with E-state index in [9.17, 15) is 0 Å². The van der Waals surface area contributed by atoms with Gasteiger partial charge in [-0.05, 0) is 45.8 Å². The van der Waals surface area contributed by atoms with Crippen LogP contribution in [0.15, 0.2) is 78.9 Å². The maximum atomic E-state index is 5.59. The quantitative estimate of drug-likeness (QED) is 0.389. The van der Waals surface area contributed by atoms with Crippen molar-refractivity contribution in [2.75, 3.05) is 45.3 Å². The number of nitrogens with zero attached hydrogens (tertiary/aromatic N) is 6. The first kappa shape index (κ1) is 22.9. The van der Waals surface area contributed by atoms with Crippen LogP contribution in [-0.2, 0) is 6.54 Å². The summed E-state index contributed by atoms with van der Waals surface area (Å²) in [4.78, 5) is 4.86. The highest BCUT2D eigenvalue weighted by Crippen LogP contribution is 2.32. The molecule has 8 heteroatoms. The fourth-order valence-corrected chi connectivity index (χ4v) is 4.69. The molecule has 0 saturated carbocycles. The van der Waals surface area contributed by atoms with Gasteiger partial charge in [-0.15, -0.1) is 5.10 Å². The van der Waals surface area contributed by atoms with Gasteiger partial charge in [-0.2, -0.15) is 0 Å². The summed E-state index contributed by atoms with van der Waals surface area (Å²) in [5.41, 5.74) is 3.44. The van der Waals surface area contributed by atoms with E-state index < -0.39 is 0 Å². The van der Waals surface area contributed by atoms with E-state index in [0.29, 0.717) is 6.54 Å². The van der Waals surface area contributed by atoms with Crippen molar-refractivity contribution >= 4 is 5.69 Å². The lowest BCUT2D eigenvalue weighted by Crippen LogP contribution is -2.48. The first-order valence-corrected chi connectivity index (χ1v) is 11.8. The molecule has 35 heavy (non-hydrogen) atoms. The highest BCUT2D eigenvalue weighted by molar-refractivity contribution is 5.58. The predicted molar refractivity (Wildman–Crippen MR) is 135 cm³/mol. The number of benzene rings is 3. The molecule has 5 rings (SSSR count). The fraction of sp³-hybridized carbons (Fsp3) is 0.296. The van der Waals surface area contributed by atoms with Crippen LogP contribution in [0.2, 0.25) is 0 Å². The molecule has 1 aromatic heterocycles. The first-order valence-electron chi connectivity index (χ1n) is 11.8. The van der Waals surface area contributed by atoms with E-state index in [1.54, 1.807) is 14.2 Å². The van der Waals surface area contributed by atoms with Gasteiger partial charge in [-0.25, -0.2) is 4.68 Å². The zero-order valence-corrected chi connectivity index (χ0v) is 20.1. The Hall–Kier alpha value is -3.91. The lowest BCUT2D eigenvalue weighted by Gasteiger charge is -2.40. The van der Waals surface area contributed by atoms with Gasteiger partial charge in [0, 0.05) is 26.2 Å². The number of tetrazole rings is 1. The minimum Gasteiger partial charge on any atom is -0.497 e. The Balaban J connectivity index is 1.40. The smallest absolute Gasteiger partial charge is 0.173 e. The molecule has 1 fully saturated rings. The molecular weight excluding hydrogens is 440 g/mol. The summed E-state index contributed by atoms with van der Waals surface area (Å²) >= 11 is 0. The van der Waals surface area contributed by atoms with Gasteiger partial charge in [0.2, 0.25) is 0 Å². The van der Waals surface area contributed by atoms with Gasteiger partial charge in [0.25, 0.3) is 0 Å². The van der Waals surface area contributed by atoms with E-state index in [2.05, 4.69) is 61.7 Å². The molecule has 0 aliphatic carbocycles. The molecule has 0 bridgehead atoms. The Morgan fingerprint density at radius 1 is 0.800 bits per heavy atom. The van der Waals surface area contributed by atoms with Crippen LogP contribution in [0.4, 0.5) is 5.69 Å². The monoisotopic (exact) mass is 470 g/mol. The Labute approximate surface area is 205 Å². The van der Waals surface area contributed by atoms with Crippen molar-refractivity contribution in [2.24, 2.45) is 0 Å². The maximum Gasteiger partial charge on any atom is 0.173 e. The highest BCUT2D eigenvalue weighted by Gasteiger charge is 2.31. The van der Waals surface area contributed by atoms with Crippen LogP contribution in [-0.4, -0.2) is 65.5 Å². The van der Waals surface area contributed by atoms with Crippen LogP contribution in [0.5, 0.6) is 11.5 Å². The van der Waals surface area contributed by atoms with E-state index in [4.69, 9.17) is 9.47 Å². The Morgan fingerprint density at radius 3 is 2.23 bits per heavy atom. The number of hydrogen-bond acceptors (Lipinski definition) is 7. The summed E-state index contributed by atoms with van der Waals surface area (Å²) in [5, 5.41) is 12.9. The predicted octanol–water partition coefficient (Wildman–Crippen LogP) is 3.65. The van der Waals surface area contributed by atoms with Crippen molar-refractivity contribution in [1.29, 1.82) is 0 Å². The molecule has 1 aliphatic rings. The number of methoxy groups -OCH3 is 2. The third kappa shape index (κ3) is 4.97. The van der Waals surface area contributed by atoms with Crippen LogP contribution in [0.1, 0.15) is 23.0 Å². The van der Waals surface area contributed by atoms with Gasteiger partial charge < -0.3 is 14.4 Å². The molecule has 1 atom stereocenters. The summed E-state index contributed by atoms with van der Waals surface area (Å²) in [6.07, 6.45) is 0. The first-order chi connectivity index (χ1) is 17.3. The second-order valence-corrected chi connectivity index (χ2v) is 8.55. The van der Waals surface area contributed by atoms with Crippen LogP contribution < -0.4 is 14.4 Å². The van der Waals surface area contributed by atoms with Crippen LogP contribution in [0.25, 0.3) is 0 Å². The summed E-state index contributed by atoms with van der Waals surface area (Å²) < 4.78 is 12.8. The van der Waals surface area contributed by atoms with Gasteiger partial charge in [0.1, 0.15) is 11.5 Å². The van der Waals surface area contributed by atoms with E-state index in [-0.39, 0.29) is 6.04 Å². The molecule has 1 saturated heterocycles. The second-order valence-electron chi connectivity index (χ2n) is 8.55. The van der Waals surface area contributed by atoms with Gasteiger partial charge >= 0.3 is 0 Å². The van der Waals surface area contributed by atoms with Crippen molar-refractivity contribution in [3.05, 3.63) is 95.8 Å². The average Bonchev–Trinajstić information content (AvgIpc) is 3.37. The zero-order chi connectivity index (χ0) is 24.0. The molecule has 4 aromatic rings. The second kappa shape index (κ2) is 10.6. The van der Waals surface area contributed by atoms with E-state index in [1.807, 2.05) is 47.1 Å². The van der Waals surface area contributed by atoms with Gasteiger partial charge in [0.05, 0.1) is 32.5 Å². The molecule has 3 aromatic carbocycles. The Bertz CT molecular complexity index is 1220. The summed E-state index contributed by atoms with van der Waals surface area (Å²) in [6.45, 7) is 4.14. The summed E-state index contributed by atoms with van der Waals surface area (Å²) in [7, 11) is 3.40. The number of aromatic nitrogens is 4. The van der Waals surface area contributed by atoms with Crippen molar-refractivity contribution in [3.8, 4) is 11.5 Å². The number of piperazine rings is 1. The fourth-order valence-electron chi connectivity index (χ4n) is 4.69. The van der Waals surface area contributed by atoms with Crippen LogP contribution >= 0.6 is 0 Å². The highest BCUT2D eigenvalue weighted by atomic mass is 16.5. The molecule has 0 amide bonds. The molecule has 2 heterocycles. The molecule has 0 radical (unpaired) electrons. The molecule has 0 spiro atoms. The molecule has 0 unspecified atom stereocenters. The number of anilines is 1. The van der Waals surface area contributed by atoms with Crippen molar-refractivity contribution in [1.82, 2.24) is 25.1 Å². The largest absolute Gasteiger partial charge is 0.497 e. The Kier molecular flexibility index (Phi) is 6.90. The third-order valence-electron chi connectivity index (χ3n) is 6.52. The summed E-state index contributed by atoms with van der Waals surface area (Å²) in [6, 6.07) is 26.7. The average molecular weight is 471 g/mol. The van der Waals surface area contributed by atoms with E-state index >= 15 is 0 Å². The number of ether oxygens (including phenoxy) is 2. The third-order valence-corrected chi connectivity index (χ3v) is 6.52. The number of para-hydroxylation sites is 2. The minimum absolute atomic E-state index is 0.0377. The molecular formula is C27H30N6O2. The topological polar surface area (TPSA) is 68.5 Å². The van der Waals surface area contributed by atoms with Crippen molar-refractivity contribution in [3.63, 3.8) is 0 Å². The van der Waals surface area contributed by atoms with Crippen LogP contribution in [0.3, 0.4) is 0 Å². The number of rotatable bonds is 8. The van der Waals surface area contributed by atoms with Crippen molar-refractivity contribution < 1.29 is 9.47 Å². The summed E-state index contributed by atoms with van der Waals surface area (Å²) in [5.74, 6) is 2.59. The SMILES string of the molecule is COc1ccc(Cn2nnnc2[C@@H](c2ccccc2)N2CCN(c3ccccc3OC)CC2)cc1. The molecule has 0 N–H and O–H groups in total. The molecule has 1 aliphatic heterocycles. The molecule has 8 nitrogen and oxygen atoms in total. The number of hydrogen-bond donors (Lipinski definition) is 0. The lowest BCUT2D eigenvalue weighted by molar-refractivity contribution is 0.201. The lowest BCUT2D eigenvalue weighted by atomic mass is 10.0.